The van der Waals surface area contributed by atoms with Crippen LogP contribution in [0.1, 0.15) is 22.8 Å². The van der Waals surface area contributed by atoms with Crippen LogP contribution < -0.4 is 19.8 Å². The number of thiazole rings is 1. The second-order valence-electron chi connectivity index (χ2n) is 11.6. The van der Waals surface area contributed by atoms with Gasteiger partial charge in [0.2, 0.25) is 11.8 Å². The van der Waals surface area contributed by atoms with Crippen LogP contribution in [-0.2, 0) is 14.4 Å². The van der Waals surface area contributed by atoms with Crippen LogP contribution >= 0.6 is 23.1 Å². The molecule has 7 atom stereocenters. The third kappa shape index (κ3) is 4.26. The standard InChI is InChI=1S/C33H27N3O5S2/c37-23(34-18-7-3-1-4-8-18)16-41-20-13-11-17(12-14-20)24-25-21-15-22(28(25)42-30-29(24)43-33(40)35-30)27-26(21)31(38)36(32(27)39)19-9-5-2-6-10-19/h1-14,21-22,24-28H,15-16H2,(H,34,37)(H,35,40)/t21-,22-,24+,25-,26+,27+,28-/m1/s1. The highest BCUT2D eigenvalue weighted by molar-refractivity contribution is 8.00. The van der Waals surface area contributed by atoms with Crippen molar-refractivity contribution in [3.63, 3.8) is 0 Å². The molecule has 1 saturated heterocycles. The number of aromatic amines is 1. The minimum atomic E-state index is -0.343. The summed E-state index contributed by atoms with van der Waals surface area (Å²) in [6, 6.07) is 26.1. The van der Waals surface area contributed by atoms with E-state index in [2.05, 4.69) is 10.3 Å². The normalized spacial score (nSPS) is 28.4. The molecule has 3 fully saturated rings. The van der Waals surface area contributed by atoms with E-state index in [1.165, 1.54) is 16.2 Å². The van der Waals surface area contributed by atoms with Crippen LogP contribution in [0, 0.1) is 29.6 Å². The Morgan fingerprint density at radius 1 is 0.884 bits per heavy atom. The van der Waals surface area contributed by atoms with E-state index in [0.717, 1.165) is 21.9 Å². The van der Waals surface area contributed by atoms with E-state index < -0.39 is 0 Å². The van der Waals surface area contributed by atoms with Crippen molar-refractivity contribution < 1.29 is 19.1 Å². The molecule has 2 bridgehead atoms. The van der Waals surface area contributed by atoms with Crippen molar-refractivity contribution in [1.29, 1.82) is 0 Å². The molecule has 2 saturated carbocycles. The maximum Gasteiger partial charge on any atom is 0.305 e. The molecule has 10 heteroatoms. The van der Waals surface area contributed by atoms with Crippen LogP contribution in [0.4, 0.5) is 11.4 Å². The van der Waals surface area contributed by atoms with Crippen LogP contribution in [0.15, 0.2) is 94.7 Å². The van der Waals surface area contributed by atoms with Crippen LogP contribution in [0.5, 0.6) is 5.75 Å². The van der Waals surface area contributed by atoms with Gasteiger partial charge in [-0.05, 0) is 66.1 Å². The van der Waals surface area contributed by atoms with Gasteiger partial charge < -0.3 is 15.0 Å². The van der Waals surface area contributed by atoms with E-state index in [9.17, 15) is 19.2 Å². The fraction of sp³-hybridized carbons (Fsp3) is 0.273. The molecule has 0 unspecified atom stereocenters. The number of para-hydroxylation sites is 2. The zero-order valence-corrected chi connectivity index (χ0v) is 24.5. The summed E-state index contributed by atoms with van der Waals surface area (Å²) in [6.45, 7) is -0.122. The highest BCUT2D eigenvalue weighted by atomic mass is 32.2. The summed E-state index contributed by atoms with van der Waals surface area (Å²) >= 11 is 2.91. The number of H-pyrrole nitrogens is 1. The van der Waals surface area contributed by atoms with Gasteiger partial charge in [-0.15, -0.1) is 11.8 Å². The summed E-state index contributed by atoms with van der Waals surface area (Å²) in [5.74, 6) is -0.378. The van der Waals surface area contributed by atoms with Crippen molar-refractivity contribution in [2.24, 2.45) is 29.6 Å². The Hall–Kier alpha value is -4.15. The molecule has 43 heavy (non-hydrogen) atoms. The smallest absolute Gasteiger partial charge is 0.305 e. The fourth-order valence-corrected chi connectivity index (χ4v) is 10.7. The average molecular weight is 610 g/mol. The van der Waals surface area contributed by atoms with E-state index in [1.807, 2.05) is 84.9 Å². The van der Waals surface area contributed by atoms with Crippen LogP contribution in [-0.4, -0.2) is 34.6 Å². The number of aromatic nitrogens is 1. The maximum absolute atomic E-state index is 13.8. The van der Waals surface area contributed by atoms with Crippen molar-refractivity contribution in [2.45, 2.75) is 22.6 Å². The number of nitrogens with one attached hydrogen (secondary N) is 2. The lowest BCUT2D eigenvalue weighted by Gasteiger charge is -2.43. The quantitative estimate of drug-likeness (QED) is 0.294. The summed E-state index contributed by atoms with van der Waals surface area (Å²) < 4.78 is 5.77. The second-order valence-corrected chi connectivity index (χ2v) is 13.8. The summed E-state index contributed by atoms with van der Waals surface area (Å²) in [5.41, 5.74) is 2.38. The molecule has 8 nitrogen and oxygen atoms in total. The highest BCUT2D eigenvalue weighted by Crippen LogP contribution is 2.68. The van der Waals surface area contributed by atoms with Crippen molar-refractivity contribution in [3.8, 4) is 5.75 Å². The van der Waals surface area contributed by atoms with E-state index >= 15 is 0 Å². The minimum absolute atomic E-state index is 0.0469. The number of carbonyl (C=O) groups is 3. The Bertz CT molecular complexity index is 1790. The SMILES string of the molecule is O=C(COc1ccc([C@@H]2c3sc(=O)[nH]c3S[C@@H]3[C@@H]4C[C@@H]([C@@H]5C(=O)N(c6ccccc6)C(=O)[C@@H]45)[C@H]23)cc1)Nc1ccccc1. The van der Waals surface area contributed by atoms with Crippen LogP contribution in [0.2, 0.25) is 0 Å². The number of rotatable bonds is 6. The first kappa shape index (κ1) is 26.5. The molecule has 216 valence electrons. The number of nitrogens with zero attached hydrogens (tertiary/aromatic N) is 1. The lowest BCUT2D eigenvalue weighted by Crippen LogP contribution is -2.42. The van der Waals surface area contributed by atoms with Gasteiger partial charge in [0.05, 0.1) is 22.5 Å². The van der Waals surface area contributed by atoms with Gasteiger partial charge in [0, 0.05) is 21.7 Å². The Balaban J connectivity index is 1.07. The van der Waals surface area contributed by atoms with E-state index in [1.54, 1.807) is 11.8 Å². The van der Waals surface area contributed by atoms with Crippen molar-refractivity contribution in [2.75, 3.05) is 16.8 Å². The molecule has 2 N–H and O–H groups in total. The largest absolute Gasteiger partial charge is 0.484 e. The lowest BCUT2D eigenvalue weighted by atomic mass is 9.68. The monoisotopic (exact) mass is 609 g/mol. The summed E-state index contributed by atoms with van der Waals surface area (Å²) in [5, 5.41) is 3.81. The topological polar surface area (TPSA) is 109 Å². The van der Waals surface area contributed by atoms with Crippen molar-refractivity contribution in [3.05, 3.63) is 105 Å². The maximum atomic E-state index is 13.8. The van der Waals surface area contributed by atoms with E-state index in [4.69, 9.17) is 4.74 Å². The first-order valence-corrected chi connectivity index (χ1v) is 16.1. The summed E-state index contributed by atoms with van der Waals surface area (Å²) in [4.78, 5) is 57.8. The van der Waals surface area contributed by atoms with Gasteiger partial charge in [-0.25, -0.2) is 0 Å². The predicted octanol–water partition coefficient (Wildman–Crippen LogP) is 5.13. The van der Waals surface area contributed by atoms with Gasteiger partial charge in [-0.3, -0.25) is 24.1 Å². The first-order chi connectivity index (χ1) is 21.0. The molecule has 2 aliphatic carbocycles. The van der Waals surface area contributed by atoms with Gasteiger partial charge in [0.1, 0.15) is 5.75 Å². The van der Waals surface area contributed by atoms with E-state index in [-0.39, 0.29) is 70.0 Å². The number of carbonyl (C=O) groups excluding carboxylic acids is 3. The van der Waals surface area contributed by atoms with Gasteiger partial charge in [-0.2, -0.15) is 0 Å². The molecular weight excluding hydrogens is 583 g/mol. The van der Waals surface area contributed by atoms with E-state index in [0.29, 0.717) is 17.1 Å². The lowest BCUT2D eigenvalue weighted by molar-refractivity contribution is -0.123. The Morgan fingerprint density at radius 2 is 1.56 bits per heavy atom. The number of hydrogen-bond acceptors (Lipinski definition) is 7. The third-order valence-electron chi connectivity index (χ3n) is 9.41. The van der Waals surface area contributed by atoms with Crippen LogP contribution in [0.25, 0.3) is 0 Å². The molecule has 2 aliphatic heterocycles. The number of fused-ring (bicyclic) bond motifs is 9. The Morgan fingerprint density at radius 3 is 2.28 bits per heavy atom. The molecular formula is C33H27N3O5S2. The number of benzene rings is 3. The second kappa shape index (κ2) is 10.2. The van der Waals surface area contributed by atoms with Crippen molar-refractivity contribution >= 4 is 52.2 Å². The molecule has 4 aliphatic rings. The molecule has 3 aromatic carbocycles. The first-order valence-electron chi connectivity index (χ1n) is 14.4. The van der Waals surface area contributed by atoms with Crippen molar-refractivity contribution in [1.82, 2.24) is 4.98 Å². The Labute approximate surface area is 255 Å². The van der Waals surface area contributed by atoms with Gasteiger partial charge in [-0.1, -0.05) is 59.9 Å². The molecule has 3 amide bonds. The van der Waals surface area contributed by atoms with Gasteiger partial charge in [0.25, 0.3) is 5.91 Å². The number of amides is 3. The zero-order valence-electron chi connectivity index (χ0n) is 22.8. The van der Waals surface area contributed by atoms with Gasteiger partial charge in [0.15, 0.2) is 6.61 Å². The zero-order chi connectivity index (χ0) is 29.2. The molecule has 4 aromatic rings. The number of anilines is 2. The average Bonchev–Trinajstić information content (AvgIpc) is 3.76. The highest BCUT2D eigenvalue weighted by Gasteiger charge is 2.69. The molecule has 0 radical (unpaired) electrons. The fourth-order valence-electron chi connectivity index (χ4n) is 7.86. The molecule has 1 aromatic heterocycles. The number of imide groups is 1. The number of ether oxygens (including phenoxy) is 1. The number of thioether (sulfide) groups is 1. The Kier molecular flexibility index (Phi) is 6.30. The van der Waals surface area contributed by atoms with Crippen LogP contribution in [0.3, 0.4) is 0 Å². The van der Waals surface area contributed by atoms with Gasteiger partial charge >= 0.3 is 4.87 Å². The third-order valence-corrected chi connectivity index (χ3v) is 12.0. The molecule has 0 spiro atoms. The summed E-state index contributed by atoms with van der Waals surface area (Å²) in [6.07, 6.45) is 0.838. The summed E-state index contributed by atoms with van der Waals surface area (Å²) in [7, 11) is 0. The minimum Gasteiger partial charge on any atom is -0.484 e. The number of hydrogen-bond donors (Lipinski definition) is 2. The molecule has 3 heterocycles. The molecule has 8 rings (SSSR count). The predicted molar refractivity (Wildman–Crippen MR) is 164 cm³/mol.